The molecule has 1 aliphatic heterocycles. The molecule has 140 valence electrons. The molecule has 0 radical (unpaired) electrons. The van der Waals surface area contributed by atoms with Crippen LogP contribution in [0.4, 0.5) is 0 Å². The molecule has 4 rings (SSSR count). The molecule has 0 fully saturated rings. The summed E-state index contributed by atoms with van der Waals surface area (Å²) in [5.41, 5.74) is 2.36. The maximum absolute atomic E-state index is 13.1. The van der Waals surface area contributed by atoms with E-state index < -0.39 is 0 Å². The van der Waals surface area contributed by atoms with Crippen LogP contribution >= 0.6 is 0 Å². The van der Waals surface area contributed by atoms with Crippen molar-refractivity contribution in [2.45, 2.75) is 0 Å². The van der Waals surface area contributed by atoms with Crippen LogP contribution in [0.3, 0.4) is 0 Å². The Morgan fingerprint density at radius 1 is 1.07 bits per heavy atom. The molecule has 3 aromatic rings. The summed E-state index contributed by atoms with van der Waals surface area (Å²) in [6.07, 6.45) is 0. The number of aromatic nitrogens is 1. The van der Waals surface area contributed by atoms with Crippen LogP contribution in [0.15, 0.2) is 24.3 Å². The molecule has 0 aliphatic carbocycles. The first-order valence-corrected chi connectivity index (χ1v) is 8.67. The number of nitrogens with one attached hydrogen (secondary N) is 1. The Balaban J connectivity index is 1.99. The van der Waals surface area contributed by atoms with Gasteiger partial charge >= 0.3 is 0 Å². The molecule has 1 aliphatic rings. The normalized spacial score (nSPS) is 13.9. The lowest BCUT2D eigenvalue weighted by atomic mass is 10.0. The van der Waals surface area contributed by atoms with Crippen molar-refractivity contribution in [1.29, 1.82) is 0 Å². The van der Waals surface area contributed by atoms with E-state index in [1.54, 1.807) is 20.3 Å². The summed E-state index contributed by atoms with van der Waals surface area (Å²) in [5, 5.41) is 1.53. The fourth-order valence-electron chi connectivity index (χ4n) is 3.58. The molecule has 7 heteroatoms. The second-order valence-corrected chi connectivity index (χ2v) is 6.85. The second kappa shape index (κ2) is 6.28. The van der Waals surface area contributed by atoms with E-state index in [1.165, 1.54) is 4.90 Å². The minimum absolute atomic E-state index is 0.270. The highest BCUT2D eigenvalue weighted by molar-refractivity contribution is 6.30. The van der Waals surface area contributed by atoms with Gasteiger partial charge in [0.15, 0.2) is 0 Å². The molecule has 2 heterocycles. The average Bonchev–Trinajstić information content (AvgIpc) is 3.14. The van der Waals surface area contributed by atoms with Crippen molar-refractivity contribution in [2.24, 2.45) is 0 Å². The maximum Gasteiger partial charge on any atom is 0.262 e. The van der Waals surface area contributed by atoms with Crippen LogP contribution in [-0.2, 0) is 0 Å². The molecule has 0 saturated carbocycles. The SMILES string of the molecule is COc1ccc2[nH]c3c(OC)cc4c(c3c2c1)C(=O)N(CCN(C)C)C4=O. The lowest BCUT2D eigenvalue weighted by molar-refractivity contribution is 0.0645. The number of hydrogen-bond donors (Lipinski definition) is 1. The Hall–Kier alpha value is -3.06. The number of fused-ring (bicyclic) bond motifs is 5. The van der Waals surface area contributed by atoms with E-state index in [4.69, 9.17) is 9.47 Å². The van der Waals surface area contributed by atoms with Crippen LogP contribution in [0.25, 0.3) is 21.8 Å². The molecule has 0 bridgehead atoms. The minimum Gasteiger partial charge on any atom is -0.497 e. The van der Waals surface area contributed by atoms with Crippen molar-refractivity contribution < 1.29 is 19.1 Å². The standard InChI is InChI=1S/C20H21N3O4/c1-22(2)7-8-23-19(24)13-10-15(27-4)18-16(17(13)20(23)25)12-9-11(26-3)5-6-14(12)21-18/h5-6,9-10,21H,7-8H2,1-4H3. The van der Waals surface area contributed by atoms with Gasteiger partial charge in [-0.2, -0.15) is 0 Å². The summed E-state index contributed by atoms with van der Waals surface area (Å²) in [4.78, 5) is 32.6. The third kappa shape index (κ3) is 2.54. The largest absolute Gasteiger partial charge is 0.497 e. The molecular formula is C20H21N3O4. The van der Waals surface area contributed by atoms with Crippen LogP contribution in [-0.4, -0.2) is 68.0 Å². The van der Waals surface area contributed by atoms with Gasteiger partial charge in [-0.05, 0) is 38.4 Å². The first kappa shape index (κ1) is 17.4. The average molecular weight is 367 g/mol. The first-order valence-electron chi connectivity index (χ1n) is 8.67. The van der Waals surface area contributed by atoms with Crippen molar-refractivity contribution in [2.75, 3.05) is 41.4 Å². The Kier molecular flexibility index (Phi) is 4.04. The molecular weight excluding hydrogens is 346 g/mol. The smallest absolute Gasteiger partial charge is 0.262 e. The van der Waals surface area contributed by atoms with E-state index in [9.17, 15) is 9.59 Å². The number of ether oxygens (including phenoxy) is 2. The summed E-state index contributed by atoms with van der Waals surface area (Å²) in [7, 11) is 6.97. The minimum atomic E-state index is -0.283. The molecule has 0 saturated heterocycles. The lowest BCUT2D eigenvalue weighted by Gasteiger charge is -2.16. The number of rotatable bonds is 5. The Morgan fingerprint density at radius 3 is 2.52 bits per heavy atom. The first-order chi connectivity index (χ1) is 13.0. The lowest BCUT2D eigenvalue weighted by Crippen LogP contribution is -2.35. The molecule has 0 spiro atoms. The van der Waals surface area contributed by atoms with Crippen molar-refractivity contribution in [1.82, 2.24) is 14.8 Å². The maximum atomic E-state index is 13.1. The molecule has 27 heavy (non-hydrogen) atoms. The number of amides is 2. The van der Waals surface area contributed by atoms with Crippen molar-refractivity contribution in [3.8, 4) is 11.5 Å². The van der Waals surface area contributed by atoms with Crippen molar-refractivity contribution >= 4 is 33.6 Å². The fourth-order valence-corrected chi connectivity index (χ4v) is 3.58. The molecule has 0 unspecified atom stereocenters. The zero-order chi connectivity index (χ0) is 19.3. The summed E-state index contributed by atoms with van der Waals surface area (Å²) in [6, 6.07) is 7.26. The summed E-state index contributed by atoms with van der Waals surface area (Å²) in [6.45, 7) is 0.947. The van der Waals surface area contributed by atoms with Crippen LogP contribution in [0.5, 0.6) is 11.5 Å². The summed E-state index contributed by atoms with van der Waals surface area (Å²) < 4.78 is 10.8. The molecule has 1 aromatic heterocycles. The Bertz CT molecular complexity index is 1080. The number of benzene rings is 2. The highest BCUT2D eigenvalue weighted by Crippen LogP contribution is 2.41. The van der Waals surface area contributed by atoms with E-state index in [0.29, 0.717) is 46.6 Å². The van der Waals surface area contributed by atoms with E-state index in [2.05, 4.69) is 4.98 Å². The van der Waals surface area contributed by atoms with E-state index >= 15 is 0 Å². The summed E-state index contributed by atoms with van der Waals surface area (Å²) >= 11 is 0. The zero-order valence-electron chi connectivity index (χ0n) is 15.8. The summed E-state index contributed by atoms with van der Waals surface area (Å²) in [5.74, 6) is 0.665. The van der Waals surface area contributed by atoms with Gasteiger partial charge < -0.3 is 19.4 Å². The van der Waals surface area contributed by atoms with Gasteiger partial charge in [-0.15, -0.1) is 0 Å². The van der Waals surface area contributed by atoms with Crippen LogP contribution in [0, 0.1) is 0 Å². The predicted molar refractivity (Wildman–Crippen MR) is 103 cm³/mol. The van der Waals surface area contributed by atoms with E-state index in [-0.39, 0.29) is 11.8 Å². The Morgan fingerprint density at radius 2 is 1.85 bits per heavy atom. The van der Waals surface area contributed by atoms with Crippen LogP contribution < -0.4 is 9.47 Å². The van der Waals surface area contributed by atoms with E-state index in [0.717, 1.165) is 10.9 Å². The highest BCUT2D eigenvalue weighted by atomic mass is 16.5. The quantitative estimate of drug-likeness (QED) is 0.702. The van der Waals surface area contributed by atoms with Crippen LogP contribution in [0.2, 0.25) is 0 Å². The van der Waals surface area contributed by atoms with Gasteiger partial charge in [-0.25, -0.2) is 0 Å². The van der Waals surface area contributed by atoms with Gasteiger partial charge in [0.1, 0.15) is 11.5 Å². The third-order valence-corrected chi connectivity index (χ3v) is 4.97. The van der Waals surface area contributed by atoms with E-state index in [1.807, 2.05) is 37.2 Å². The number of methoxy groups -OCH3 is 2. The van der Waals surface area contributed by atoms with Gasteiger partial charge in [0.2, 0.25) is 0 Å². The molecule has 1 N–H and O–H groups in total. The number of nitrogens with zero attached hydrogens (tertiary/aromatic N) is 2. The molecule has 7 nitrogen and oxygen atoms in total. The molecule has 2 aromatic carbocycles. The topological polar surface area (TPSA) is 74.9 Å². The number of carbonyl (C=O) groups is 2. The highest BCUT2D eigenvalue weighted by Gasteiger charge is 2.38. The number of aromatic amines is 1. The fraction of sp³-hybridized carbons (Fsp3) is 0.300. The molecule has 0 atom stereocenters. The molecule has 2 amide bonds. The number of hydrogen-bond acceptors (Lipinski definition) is 5. The van der Waals surface area contributed by atoms with Gasteiger partial charge in [0, 0.05) is 29.4 Å². The third-order valence-electron chi connectivity index (χ3n) is 4.97. The van der Waals surface area contributed by atoms with Gasteiger partial charge in [0.05, 0.1) is 30.9 Å². The number of carbonyl (C=O) groups excluding carboxylic acids is 2. The van der Waals surface area contributed by atoms with Gasteiger partial charge in [-0.3, -0.25) is 14.5 Å². The van der Waals surface area contributed by atoms with Crippen molar-refractivity contribution in [3.63, 3.8) is 0 Å². The van der Waals surface area contributed by atoms with Gasteiger partial charge in [-0.1, -0.05) is 0 Å². The number of H-pyrrole nitrogens is 1. The Labute approximate surface area is 156 Å². The number of imide groups is 1. The van der Waals surface area contributed by atoms with Crippen molar-refractivity contribution in [3.05, 3.63) is 35.4 Å². The monoisotopic (exact) mass is 367 g/mol. The van der Waals surface area contributed by atoms with Crippen LogP contribution in [0.1, 0.15) is 20.7 Å². The van der Waals surface area contributed by atoms with Gasteiger partial charge in [0.25, 0.3) is 11.8 Å². The predicted octanol–water partition coefficient (Wildman–Crippen LogP) is 2.50. The second-order valence-electron chi connectivity index (χ2n) is 6.85. The number of likely N-dealkylation sites (N-methyl/N-ethyl adjacent to an activating group) is 1. The zero-order valence-corrected chi connectivity index (χ0v) is 15.8.